The van der Waals surface area contributed by atoms with Gasteiger partial charge >= 0.3 is 0 Å². The van der Waals surface area contributed by atoms with Crippen LogP contribution in [0.5, 0.6) is 0 Å². The molecule has 0 aromatic carbocycles. The van der Waals surface area contributed by atoms with Crippen molar-refractivity contribution < 1.29 is 9.59 Å². The number of piperidine rings is 1. The Bertz CT molecular complexity index is 599. The van der Waals surface area contributed by atoms with E-state index in [0.717, 1.165) is 43.8 Å². The van der Waals surface area contributed by atoms with Crippen LogP contribution in [0.3, 0.4) is 0 Å². The number of piperazine rings is 1. The van der Waals surface area contributed by atoms with Crippen LogP contribution in [0.4, 0.5) is 0 Å². The van der Waals surface area contributed by atoms with Crippen LogP contribution in [0.1, 0.15) is 39.9 Å². The summed E-state index contributed by atoms with van der Waals surface area (Å²) in [4.78, 5) is 30.9. The molecule has 126 valence electrons. The van der Waals surface area contributed by atoms with Gasteiger partial charge in [0.05, 0.1) is 11.4 Å². The summed E-state index contributed by atoms with van der Waals surface area (Å²) < 4.78 is 0. The Hall–Kier alpha value is -1.40. The van der Waals surface area contributed by atoms with Crippen LogP contribution in [0, 0.1) is 6.92 Å². The fourth-order valence-electron chi connectivity index (χ4n) is 3.53. The maximum atomic E-state index is 12.8. The molecular formula is C17H25N3O2S. The lowest BCUT2D eigenvalue weighted by molar-refractivity contribution is -0.135. The first kappa shape index (κ1) is 16.5. The average molecular weight is 335 g/mol. The number of rotatable bonds is 3. The Morgan fingerprint density at radius 2 is 2.26 bits per heavy atom. The number of aryl methyl sites for hydroxylation is 2. The van der Waals surface area contributed by atoms with Gasteiger partial charge in [-0.3, -0.25) is 9.59 Å². The maximum Gasteiger partial charge on any atom is 0.264 e. The van der Waals surface area contributed by atoms with Gasteiger partial charge in [-0.1, -0.05) is 6.92 Å². The molecule has 2 aliphatic heterocycles. The van der Waals surface area contributed by atoms with Crippen molar-refractivity contribution in [3.63, 3.8) is 0 Å². The second kappa shape index (κ2) is 7.01. The number of amides is 2. The monoisotopic (exact) mass is 335 g/mol. The predicted octanol–water partition coefficient (Wildman–Crippen LogP) is 1.66. The predicted molar refractivity (Wildman–Crippen MR) is 91.9 cm³/mol. The second-order valence-corrected chi connectivity index (χ2v) is 7.52. The van der Waals surface area contributed by atoms with Crippen molar-refractivity contribution in [2.75, 3.05) is 32.7 Å². The van der Waals surface area contributed by atoms with Gasteiger partial charge in [0.15, 0.2) is 0 Å². The van der Waals surface area contributed by atoms with Crippen molar-refractivity contribution in [1.82, 2.24) is 15.1 Å². The Morgan fingerprint density at radius 1 is 1.43 bits per heavy atom. The van der Waals surface area contributed by atoms with Crippen LogP contribution < -0.4 is 5.32 Å². The number of carbonyl (C=O) groups excluding carboxylic acids is 2. The molecule has 3 rings (SSSR count). The standard InChI is InChI=1S/C17H25N3O2S/c1-3-14-12(2)9-15(23-14)17(22)19-7-4-5-13(11-19)20-8-6-18-10-16(20)21/h9,13,18H,3-8,10-11H2,1-2H3. The number of hydrogen-bond donors (Lipinski definition) is 1. The molecular weight excluding hydrogens is 310 g/mol. The quantitative estimate of drug-likeness (QED) is 0.914. The molecule has 1 unspecified atom stereocenters. The first-order valence-electron chi connectivity index (χ1n) is 8.49. The molecule has 1 aromatic rings. The molecule has 6 heteroatoms. The first-order chi connectivity index (χ1) is 11.1. The molecule has 0 radical (unpaired) electrons. The van der Waals surface area contributed by atoms with Gasteiger partial charge in [-0.2, -0.15) is 0 Å². The molecule has 2 amide bonds. The van der Waals surface area contributed by atoms with Crippen molar-refractivity contribution in [3.05, 3.63) is 21.4 Å². The molecule has 2 saturated heterocycles. The number of carbonyl (C=O) groups is 2. The third-order valence-electron chi connectivity index (χ3n) is 4.80. The highest BCUT2D eigenvalue weighted by atomic mass is 32.1. The molecule has 0 aliphatic carbocycles. The molecule has 3 heterocycles. The Balaban J connectivity index is 1.70. The number of hydrogen-bond acceptors (Lipinski definition) is 4. The molecule has 1 N–H and O–H groups in total. The zero-order valence-corrected chi connectivity index (χ0v) is 14.7. The van der Waals surface area contributed by atoms with E-state index < -0.39 is 0 Å². The topological polar surface area (TPSA) is 52.7 Å². The average Bonchev–Trinajstić information content (AvgIpc) is 2.95. The van der Waals surface area contributed by atoms with Crippen LogP contribution in [0.2, 0.25) is 0 Å². The van der Waals surface area contributed by atoms with Crippen LogP contribution in [-0.4, -0.2) is 60.4 Å². The largest absolute Gasteiger partial charge is 0.336 e. The zero-order chi connectivity index (χ0) is 16.4. The highest BCUT2D eigenvalue weighted by molar-refractivity contribution is 7.14. The maximum absolute atomic E-state index is 12.8. The van der Waals surface area contributed by atoms with E-state index in [1.165, 1.54) is 10.4 Å². The van der Waals surface area contributed by atoms with Gasteiger partial charge in [0, 0.05) is 37.1 Å². The molecule has 2 fully saturated rings. The highest BCUT2D eigenvalue weighted by Gasteiger charge is 2.32. The smallest absolute Gasteiger partial charge is 0.264 e. The number of nitrogens with zero attached hydrogens (tertiary/aromatic N) is 2. The van der Waals surface area contributed by atoms with Gasteiger partial charge in [0.1, 0.15) is 0 Å². The molecule has 0 bridgehead atoms. The Morgan fingerprint density at radius 3 is 2.96 bits per heavy atom. The molecule has 5 nitrogen and oxygen atoms in total. The van der Waals surface area contributed by atoms with Gasteiger partial charge in [0.25, 0.3) is 5.91 Å². The summed E-state index contributed by atoms with van der Waals surface area (Å²) in [5.74, 6) is 0.292. The SMILES string of the molecule is CCc1sc(C(=O)N2CCCC(N3CCNCC3=O)C2)cc1C. The van der Waals surface area contributed by atoms with E-state index in [0.29, 0.717) is 13.1 Å². The van der Waals surface area contributed by atoms with Gasteiger partial charge in [0.2, 0.25) is 5.91 Å². The lowest BCUT2D eigenvalue weighted by atomic mass is 10.0. The van der Waals surface area contributed by atoms with Crippen molar-refractivity contribution in [2.45, 2.75) is 39.2 Å². The molecule has 1 atom stereocenters. The van der Waals surface area contributed by atoms with E-state index in [1.54, 1.807) is 11.3 Å². The van der Waals surface area contributed by atoms with E-state index in [-0.39, 0.29) is 17.9 Å². The van der Waals surface area contributed by atoms with Gasteiger partial charge < -0.3 is 15.1 Å². The summed E-state index contributed by atoms with van der Waals surface area (Å²) in [7, 11) is 0. The highest BCUT2D eigenvalue weighted by Crippen LogP contribution is 2.26. The van der Waals surface area contributed by atoms with E-state index in [4.69, 9.17) is 0 Å². The summed E-state index contributed by atoms with van der Waals surface area (Å²) in [5.41, 5.74) is 1.21. The minimum Gasteiger partial charge on any atom is -0.336 e. The third kappa shape index (κ3) is 3.43. The Labute approximate surface area is 141 Å². The molecule has 0 saturated carbocycles. The van der Waals surface area contributed by atoms with E-state index in [1.807, 2.05) is 15.9 Å². The molecule has 23 heavy (non-hydrogen) atoms. The molecule has 0 spiro atoms. The van der Waals surface area contributed by atoms with Crippen molar-refractivity contribution >= 4 is 23.2 Å². The fraction of sp³-hybridized carbons (Fsp3) is 0.647. The van der Waals surface area contributed by atoms with Crippen LogP contribution >= 0.6 is 11.3 Å². The van der Waals surface area contributed by atoms with E-state index in [9.17, 15) is 9.59 Å². The van der Waals surface area contributed by atoms with Crippen LogP contribution in [0.25, 0.3) is 0 Å². The zero-order valence-electron chi connectivity index (χ0n) is 13.9. The van der Waals surface area contributed by atoms with Crippen molar-refractivity contribution in [1.29, 1.82) is 0 Å². The van der Waals surface area contributed by atoms with E-state index >= 15 is 0 Å². The summed E-state index contributed by atoms with van der Waals surface area (Å²) >= 11 is 1.62. The summed E-state index contributed by atoms with van der Waals surface area (Å²) in [6.45, 7) is 7.69. The third-order valence-corrected chi connectivity index (χ3v) is 6.17. The van der Waals surface area contributed by atoms with Crippen LogP contribution in [0.15, 0.2) is 6.07 Å². The second-order valence-electron chi connectivity index (χ2n) is 6.38. The summed E-state index contributed by atoms with van der Waals surface area (Å²) in [5, 5.41) is 3.11. The lowest BCUT2D eigenvalue weighted by Crippen LogP contribution is -2.57. The normalized spacial score (nSPS) is 22.5. The van der Waals surface area contributed by atoms with Crippen molar-refractivity contribution in [3.8, 4) is 0 Å². The molecule has 1 aromatic heterocycles. The van der Waals surface area contributed by atoms with Crippen molar-refractivity contribution in [2.24, 2.45) is 0 Å². The summed E-state index contributed by atoms with van der Waals surface area (Å²) in [6, 6.07) is 2.19. The Kier molecular flexibility index (Phi) is 5.02. The number of nitrogens with one attached hydrogen (secondary N) is 1. The number of likely N-dealkylation sites (tertiary alicyclic amines) is 1. The summed E-state index contributed by atoms with van der Waals surface area (Å²) in [6.07, 6.45) is 2.94. The van der Waals surface area contributed by atoms with E-state index in [2.05, 4.69) is 19.2 Å². The number of thiophene rings is 1. The lowest BCUT2D eigenvalue weighted by Gasteiger charge is -2.41. The molecule has 2 aliphatic rings. The van der Waals surface area contributed by atoms with Gasteiger partial charge in [-0.25, -0.2) is 0 Å². The van der Waals surface area contributed by atoms with Gasteiger partial charge in [-0.15, -0.1) is 11.3 Å². The van der Waals surface area contributed by atoms with Gasteiger partial charge in [-0.05, 0) is 37.8 Å². The minimum atomic E-state index is 0.130. The first-order valence-corrected chi connectivity index (χ1v) is 9.30. The minimum absolute atomic E-state index is 0.130. The fourth-order valence-corrected chi connectivity index (χ4v) is 4.61. The van der Waals surface area contributed by atoms with Crippen LogP contribution in [-0.2, 0) is 11.2 Å².